The smallest absolute Gasteiger partial charge is 0.226 e. The lowest BCUT2D eigenvalue weighted by atomic mass is 9.77. The number of hydrogen-bond acceptors (Lipinski definition) is 5. The molecule has 0 bridgehead atoms. The third-order valence-electron chi connectivity index (χ3n) is 3.85. The van der Waals surface area contributed by atoms with Gasteiger partial charge in [-0.25, -0.2) is 4.98 Å². The van der Waals surface area contributed by atoms with Crippen molar-refractivity contribution >= 4 is 5.95 Å². The number of aliphatic hydroxyl groups excluding tert-OH is 1. The first-order chi connectivity index (χ1) is 10.3. The average molecular weight is 285 g/mol. The van der Waals surface area contributed by atoms with Crippen molar-refractivity contribution in [2.45, 2.75) is 31.4 Å². The van der Waals surface area contributed by atoms with Crippen LogP contribution >= 0.6 is 0 Å². The van der Waals surface area contributed by atoms with Gasteiger partial charge in [0, 0.05) is 12.3 Å². The fourth-order valence-electron chi connectivity index (χ4n) is 2.38. The van der Waals surface area contributed by atoms with E-state index in [4.69, 9.17) is 4.74 Å². The minimum Gasteiger partial charge on any atom is -0.473 e. The van der Waals surface area contributed by atoms with Crippen LogP contribution in [0.25, 0.3) is 0 Å². The van der Waals surface area contributed by atoms with Crippen LogP contribution < -0.4 is 10.1 Å². The number of benzene rings is 1. The second-order valence-corrected chi connectivity index (χ2v) is 5.41. The number of ether oxygens (including phenoxy) is 1. The predicted molar refractivity (Wildman–Crippen MR) is 80.1 cm³/mol. The largest absolute Gasteiger partial charge is 0.473 e. The van der Waals surface area contributed by atoms with Crippen molar-refractivity contribution in [1.29, 1.82) is 0 Å². The van der Waals surface area contributed by atoms with Crippen LogP contribution in [0.2, 0.25) is 0 Å². The quantitative estimate of drug-likeness (QED) is 0.853. The Morgan fingerprint density at radius 3 is 2.67 bits per heavy atom. The third-order valence-corrected chi connectivity index (χ3v) is 3.85. The van der Waals surface area contributed by atoms with Gasteiger partial charge in [0.15, 0.2) is 0 Å². The summed E-state index contributed by atoms with van der Waals surface area (Å²) in [4.78, 5) is 8.54. The van der Waals surface area contributed by atoms with Crippen LogP contribution in [0.4, 0.5) is 5.95 Å². The molecule has 0 aliphatic heterocycles. The van der Waals surface area contributed by atoms with Crippen molar-refractivity contribution in [2.75, 3.05) is 11.9 Å². The Morgan fingerprint density at radius 1 is 1.19 bits per heavy atom. The predicted octanol–water partition coefficient (Wildman–Crippen LogP) is 2.38. The van der Waals surface area contributed by atoms with E-state index in [1.807, 2.05) is 30.3 Å². The van der Waals surface area contributed by atoms with Crippen LogP contribution in [0.3, 0.4) is 0 Å². The molecule has 0 spiro atoms. The number of aromatic nitrogens is 2. The Kier molecular flexibility index (Phi) is 4.01. The van der Waals surface area contributed by atoms with Gasteiger partial charge in [0.1, 0.15) is 6.61 Å². The maximum absolute atomic E-state index is 9.47. The molecule has 0 radical (unpaired) electrons. The maximum atomic E-state index is 9.47. The summed E-state index contributed by atoms with van der Waals surface area (Å²) in [6.07, 6.45) is 4.68. The fourth-order valence-corrected chi connectivity index (χ4v) is 2.38. The van der Waals surface area contributed by atoms with E-state index in [2.05, 4.69) is 15.3 Å². The zero-order valence-electron chi connectivity index (χ0n) is 11.8. The van der Waals surface area contributed by atoms with Crippen LogP contribution in [-0.2, 0) is 6.61 Å². The van der Waals surface area contributed by atoms with Crippen LogP contribution in [0, 0.1) is 0 Å². The second-order valence-electron chi connectivity index (χ2n) is 5.41. The van der Waals surface area contributed by atoms with Crippen LogP contribution in [0.5, 0.6) is 5.88 Å². The van der Waals surface area contributed by atoms with Gasteiger partial charge in [0.2, 0.25) is 11.8 Å². The molecular formula is C16H19N3O2. The van der Waals surface area contributed by atoms with Gasteiger partial charge in [-0.15, -0.1) is 0 Å². The molecule has 3 rings (SSSR count). The maximum Gasteiger partial charge on any atom is 0.226 e. The van der Waals surface area contributed by atoms with E-state index in [1.165, 1.54) is 0 Å². The molecule has 5 heteroatoms. The Bertz CT molecular complexity index is 580. The minimum absolute atomic E-state index is 0.103. The highest BCUT2D eigenvalue weighted by Crippen LogP contribution is 2.34. The van der Waals surface area contributed by atoms with E-state index in [-0.39, 0.29) is 12.1 Å². The van der Waals surface area contributed by atoms with Crippen molar-refractivity contribution < 1.29 is 9.84 Å². The zero-order valence-corrected chi connectivity index (χ0v) is 11.8. The molecule has 0 saturated heterocycles. The summed E-state index contributed by atoms with van der Waals surface area (Å²) in [7, 11) is 0. The van der Waals surface area contributed by atoms with E-state index in [1.54, 1.807) is 12.3 Å². The Labute approximate surface area is 124 Å². The zero-order chi connectivity index (χ0) is 14.5. The standard InChI is InChI=1S/C16H19N3O2/c20-12-16(8-4-9-16)19-15-17-10-7-14(18-15)21-11-13-5-2-1-3-6-13/h1-3,5-7,10,20H,4,8-9,11-12H2,(H,17,18,19). The number of nitrogens with one attached hydrogen (secondary N) is 1. The van der Waals surface area contributed by atoms with Gasteiger partial charge in [0.05, 0.1) is 12.1 Å². The molecule has 1 aromatic heterocycles. The second kappa shape index (κ2) is 6.10. The highest BCUT2D eigenvalue weighted by atomic mass is 16.5. The van der Waals surface area contributed by atoms with E-state index in [0.717, 1.165) is 24.8 Å². The molecule has 1 aromatic carbocycles. The molecule has 1 saturated carbocycles. The van der Waals surface area contributed by atoms with Crippen LogP contribution in [0.1, 0.15) is 24.8 Å². The number of aliphatic hydroxyl groups is 1. The minimum atomic E-state index is -0.252. The lowest BCUT2D eigenvalue weighted by Gasteiger charge is -2.40. The number of nitrogens with zero attached hydrogens (tertiary/aromatic N) is 2. The summed E-state index contributed by atoms with van der Waals surface area (Å²) in [5, 5.41) is 12.7. The SMILES string of the molecule is OCC1(Nc2nccc(OCc3ccccc3)n2)CCC1. The molecule has 0 unspecified atom stereocenters. The number of hydrogen-bond donors (Lipinski definition) is 2. The Balaban J connectivity index is 1.63. The Hall–Kier alpha value is -2.14. The van der Waals surface area contributed by atoms with Gasteiger partial charge < -0.3 is 15.2 Å². The monoisotopic (exact) mass is 285 g/mol. The lowest BCUT2D eigenvalue weighted by Crippen LogP contribution is -2.48. The van der Waals surface area contributed by atoms with Gasteiger partial charge in [-0.3, -0.25) is 0 Å². The number of rotatable bonds is 6. The molecule has 1 heterocycles. The molecule has 0 amide bonds. The van der Waals surface area contributed by atoms with E-state index in [0.29, 0.717) is 18.4 Å². The summed E-state index contributed by atoms with van der Waals surface area (Å²) < 4.78 is 5.68. The van der Waals surface area contributed by atoms with E-state index >= 15 is 0 Å². The third kappa shape index (κ3) is 3.31. The lowest BCUT2D eigenvalue weighted by molar-refractivity contribution is 0.143. The fraction of sp³-hybridized carbons (Fsp3) is 0.375. The molecule has 1 fully saturated rings. The van der Waals surface area contributed by atoms with Crippen molar-refractivity contribution in [3.05, 3.63) is 48.2 Å². The molecule has 0 atom stereocenters. The molecule has 2 aromatic rings. The molecule has 5 nitrogen and oxygen atoms in total. The molecule has 1 aliphatic carbocycles. The molecule has 2 N–H and O–H groups in total. The summed E-state index contributed by atoms with van der Waals surface area (Å²) in [6.45, 7) is 0.577. The van der Waals surface area contributed by atoms with E-state index < -0.39 is 0 Å². The molecular weight excluding hydrogens is 266 g/mol. The topological polar surface area (TPSA) is 67.3 Å². The van der Waals surface area contributed by atoms with Gasteiger partial charge in [-0.05, 0) is 24.8 Å². The Morgan fingerprint density at radius 2 is 2.00 bits per heavy atom. The molecule has 110 valence electrons. The summed E-state index contributed by atoms with van der Waals surface area (Å²) in [5.74, 6) is 1.04. The van der Waals surface area contributed by atoms with Gasteiger partial charge >= 0.3 is 0 Å². The van der Waals surface area contributed by atoms with Crippen molar-refractivity contribution in [3.8, 4) is 5.88 Å². The number of anilines is 1. The van der Waals surface area contributed by atoms with E-state index in [9.17, 15) is 5.11 Å². The van der Waals surface area contributed by atoms with Crippen LogP contribution in [-0.4, -0.2) is 27.2 Å². The van der Waals surface area contributed by atoms with Gasteiger partial charge in [0.25, 0.3) is 0 Å². The molecule has 1 aliphatic rings. The summed E-state index contributed by atoms with van der Waals surface area (Å²) in [5.41, 5.74) is 0.842. The van der Waals surface area contributed by atoms with Gasteiger partial charge in [-0.2, -0.15) is 4.98 Å². The first-order valence-corrected chi connectivity index (χ1v) is 7.18. The van der Waals surface area contributed by atoms with Crippen molar-refractivity contribution in [1.82, 2.24) is 9.97 Å². The highest BCUT2D eigenvalue weighted by Gasteiger charge is 2.36. The summed E-state index contributed by atoms with van der Waals surface area (Å²) >= 11 is 0. The average Bonchev–Trinajstić information content (AvgIpc) is 2.50. The normalized spacial score (nSPS) is 16.0. The van der Waals surface area contributed by atoms with Crippen molar-refractivity contribution in [3.63, 3.8) is 0 Å². The summed E-state index contributed by atoms with van der Waals surface area (Å²) in [6, 6.07) is 11.7. The van der Waals surface area contributed by atoms with Crippen LogP contribution in [0.15, 0.2) is 42.6 Å². The van der Waals surface area contributed by atoms with Crippen molar-refractivity contribution in [2.24, 2.45) is 0 Å². The first-order valence-electron chi connectivity index (χ1n) is 7.18. The van der Waals surface area contributed by atoms with Gasteiger partial charge in [-0.1, -0.05) is 30.3 Å². The first kappa shape index (κ1) is 13.8. The highest BCUT2D eigenvalue weighted by molar-refractivity contribution is 5.33. The molecule has 21 heavy (non-hydrogen) atoms.